The van der Waals surface area contributed by atoms with Crippen LogP contribution in [0.3, 0.4) is 0 Å². The summed E-state index contributed by atoms with van der Waals surface area (Å²) in [4.78, 5) is 12.4. The van der Waals surface area contributed by atoms with Crippen LogP contribution in [0.5, 0.6) is 0 Å². The molecule has 1 amide bonds. The van der Waals surface area contributed by atoms with Crippen molar-refractivity contribution in [2.45, 2.75) is 56.5 Å². The van der Waals surface area contributed by atoms with E-state index in [0.717, 1.165) is 19.3 Å². The molecule has 3 N–H and O–H groups in total. The van der Waals surface area contributed by atoms with Crippen molar-refractivity contribution < 1.29 is 13.2 Å². The summed E-state index contributed by atoms with van der Waals surface area (Å²) >= 11 is 0. The van der Waals surface area contributed by atoms with Crippen LogP contribution in [0, 0.1) is 0 Å². The number of hydrogen-bond donors (Lipinski definition) is 2. The molecule has 0 aliphatic carbocycles. The molecule has 8 heteroatoms. The monoisotopic (exact) mass is 389 g/mol. The van der Waals surface area contributed by atoms with Crippen molar-refractivity contribution in [3.05, 3.63) is 29.8 Å². The van der Waals surface area contributed by atoms with Gasteiger partial charge in [0.1, 0.15) is 0 Å². The van der Waals surface area contributed by atoms with E-state index in [1.807, 2.05) is 20.8 Å². The van der Waals surface area contributed by atoms with Gasteiger partial charge in [0, 0.05) is 30.2 Å². The highest BCUT2D eigenvalue weighted by Crippen LogP contribution is 2.25. The second-order valence-electron chi connectivity index (χ2n) is 7.03. The Morgan fingerprint density at radius 2 is 1.88 bits per heavy atom. The second kappa shape index (κ2) is 8.49. The highest BCUT2D eigenvalue weighted by molar-refractivity contribution is 7.89. The molecule has 1 saturated heterocycles. The van der Waals surface area contributed by atoms with Gasteiger partial charge in [0.25, 0.3) is 5.91 Å². The van der Waals surface area contributed by atoms with Crippen molar-refractivity contribution in [2.75, 3.05) is 13.1 Å². The Bertz CT molecular complexity index is 690. The third kappa shape index (κ3) is 5.17. The molecule has 0 bridgehead atoms. The lowest BCUT2D eigenvalue weighted by atomic mass is 10.1. The zero-order chi connectivity index (χ0) is 18.0. The van der Waals surface area contributed by atoms with E-state index in [2.05, 4.69) is 5.32 Å². The van der Waals surface area contributed by atoms with Crippen LogP contribution in [-0.4, -0.2) is 43.3 Å². The van der Waals surface area contributed by atoms with Crippen molar-refractivity contribution in [2.24, 2.45) is 5.73 Å². The fourth-order valence-corrected chi connectivity index (χ4v) is 4.47. The number of amides is 1. The van der Waals surface area contributed by atoms with Crippen molar-refractivity contribution in [3.63, 3.8) is 0 Å². The first-order valence-electron chi connectivity index (χ1n) is 8.32. The predicted octanol–water partition coefficient (Wildman–Crippen LogP) is 2.14. The molecule has 0 radical (unpaired) electrons. The van der Waals surface area contributed by atoms with E-state index in [1.54, 1.807) is 16.4 Å². The number of hydrogen-bond acceptors (Lipinski definition) is 4. The van der Waals surface area contributed by atoms with Gasteiger partial charge in [-0.25, -0.2) is 8.42 Å². The van der Waals surface area contributed by atoms with Gasteiger partial charge in [0.15, 0.2) is 0 Å². The molecule has 6 nitrogen and oxygen atoms in total. The minimum atomic E-state index is -3.51. The summed E-state index contributed by atoms with van der Waals surface area (Å²) in [5, 5.41) is 2.83. The fourth-order valence-electron chi connectivity index (χ4n) is 2.77. The highest BCUT2D eigenvalue weighted by atomic mass is 35.5. The summed E-state index contributed by atoms with van der Waals surface area (Å²) in [6.07, 6.45) is 2.83. The van der Waals surface area contributed by atoms with Gasteiger partial charge in [-0.2, -0.15) is 4.31 Å². The van der Waals surface area contributed by atoms with Gasteiger partial charge in [-0.3, -0.25) is 4.79 Å². The number of nitrogens with zero attached hydrogens (tertiary/aromatic N) is 1. The highest BCUT2D eigenvalue weighted by Gasteiger charge is 2.31. The van der Waals surface area contributed by atoms with Gasteiger partial charge in [-0.05, 0) is 57.9 Å². The van der Waals surface area contributed by atoms with Crippen molar-refractivity contribution in [1.29, 1.82) is 0 Å². The van der Waals surface area contributed by atoms with E-state index in [9.17, 15) is 13.2 Å². The molecule has 0 aromatic heterocycles. The maximum Gasteiger partial charge on any atom is 0.251 e. The van der Waals surface area contributed by atoms with Crippen LogP contribution in [0.4, 0.5) is 0 Å². The number of halogens is 1. The first kappa shape index (κ1) is 21.9. The summed E-state index contributed by atoms with van der Waals surface area (Å²) in [6, 6.07) is 6.10. The number of nitrogens with one attached hydrogen (secondary N) is 1. The van der Waals surface area contributed by atoms with E-state index in [-0.39, 0.29) is 29.3 Å². The molecule has 1 atom stereocenters. The molecule has 1 heterocycles. The second-order valence-corrected chi connectivity index (χ2v) is 8.92. The fraction of sp³-hybridized carbons (Fsp3) is 0.588. The van der Waals surface area contributed by atoms with Gasteiger partial charge in [0.05, 0.1) is 4.90 Å². The smallest absolute Gasteiger partial charge is 0.251 e. The molecule has 25 heavy (non-hydrogen) atoms. The molecule has 1 aromatic rings. The van der Waals surface area contributed by atoms with Crippen LogP contribution in [0.1, 0.15) is 50.4 Å². The minimum absolute atomic E-state index is 0. The topological polar surface area (TPSA) is 92.5 Å². The van der Waals surface area contributed by atoms with Crippen LogP contribution in [0.15, 0.2) is 29.2 Å². The average Bonchev–Trinajstić information content (AvgIpc) is 2.55. The molecule has 1 aromatic carbocycles. The molecule has 1 aliphatic heterocycles. The van der Waals surface area contributed by atoms with Gasteiger partial charge >= 0.3 is 0 Å². The van der Waals surface area contributed by atoms with E-state index in [4.69, 9.17) is 5.73 Å². The van der Waals surface area contributed by atoms with Gasteiger partial charge in [-0.15, -0.1) is 12.4 Å². The first-order valence-corrected chi connectivity index (χ1v) is 9.76. The molecule has 0 spiro atoms. The Morgan fingerprint density at radius 3 is 2.40 bits per heavy atom. The van der Waals surface area contributed by atoms with Crippen molar-refractivity contribution in [3.8, 4) is 0 Å². The van der Waals surface area contributed by atoms with Crippen LogP contribution < -0.4 is 11.1 Å². The van der Waals surface area contributed by atoms with Gasteiger partial charge < -0.3 is 11.1 Å². The van der Waals surface area contributed by atoms with Crippen molar-refractivity contribution >= 4 is 28.3 Å². The molecule has 1 fully saturated rings. The lowest BCUT2D eigenvalue weighted by Gasteiger charge is -2.32. The molecular weight excluding hydrogens is 362 g/mol. The zero-order valence-electron chi connectivity index (χ0n) is 15.0. The lowest BCUT2D eigenvalue weighted by molar-refractivity contribution is 0.0915. The largest absolute Gasteiger partial charge is 0.346 e. The molecule has 0 saturated carbocycles. The standard InChI is InChI=1S/C17H27N3O3S.ClH/c1-13-6-4-5-11-20(13)24(22,23)15-9-7-14(8-10-15)16(21)19-17(2,3)12-18;/h7-10,13H,4-6,11-12,18H2,1-3H3,(H,19,21);1H. The number of piperidine rings is 1. The number of sulfonamides is 1. The van der Waals surface area contributed by atoms with Gasteiger partial charge in [0.2, 0.25) is 10.0 Å². The Balaban J connectivity index is 0.00000312. The van der Waals surface area contributed by atoms with Crippen LogP contribution in [0.25, 0.3) is 0 Å². The van der Waals surface area contributed by atoms with Crippen molar-refractivity contribution in [1.82, 2.24) is 9.62 Å². The SMILES string of the molecule is CC1CCCCN1S(=O)(=O)c1ccc(C(=O)NC(C)(C)CN)cc1.Cl. The van der Waals surface area contributed by atoms with Crippen LogP contribution >= 0.6 is 12.4 Å². The Hall–Kier alpha value is -1.15. The summed E-state index contributed by atoms with van der Waals surface area (Å²) in [5.74, 6) is -0.263. The molecule has 1 unspecified atom stereocenters. The van der Waals surface area contributed by atoms with E-state index in [0.29, 0.717) is 18.7 Å². The van der Waals surface area contributed by atoms with E-state index >= 15 is 0 Å². The zero-order valence-corrected chi connectivity index (χ0v) is 16.6. The predicted molar refractivity (Wildman–Crippen MR) is 101 cm³/mol. The first-order chi connectivity index (χ1) is 11.2. The normalized spacial score (nSPS) is 19.1. The number of carbonyl (C=O) groups excluding carboxylic acids is 1. The van der Waals surface area contributed by atoms with Gasteiger partial charge in [-0.1, -0.05) is 6.42 Å². The Labute approximate surface area is 156 Å². The third-order valence-electron chi connectivity index (χ3n) is 4.43. The third-order valence-corrected chi connectivity index (χ3v) is 6.46. The lowest BCUT2D eigenvalue weighted by Crippen LogP contribution is -2.48. The van der Waals surface area contributed by atoms with Crippen LogP contribution in [-0.2, 0) is 10.0 Å². The maximum absolute atomic E-state index is 12.8. The maximum atomic E-state index is 12.8. The quantitative estimate of drug-likeness (QED) is 0.806. The number of carbonyl (C=O) groups is 1. The summed E-state index contributed by atoms with van der Waals surface area (Å²) < 4.78 is 27.1. The number of benzene rings is 1. The molecule has 142 valence electrons. The van der Waals surface area contributed by atoms with E-state index in [1.165, 1.54) is 12.1 Å². The average molecular weight is 390 g/mol. The minimum Gasteiger partial charge on any atom is -0.346 e. The summed E-state index contributed by atoms with van der Waals surface area (Å²) in [6.45, 7) is 6.48. The summed E-state index contributed by atoms with van der Waals surface area (Å²) in [5.41, 5.74) is 5.52. The number of rotatable bonds is 5. The Morgan fingerprint density at radius 1 is 1.28 bits per heavy atom. The number of nitrogens with two attached hydrogens (primary N) is 1. The van der Waals surface area contributed by atoms with Crippen LogP contribution in [0.2, 0.25) is 0 Å². The summed E-state index contributed by atoms with van der Waals surface area (Å²) in [7, 11) is -3.51. The Kier molecular flexibility index (Phi) is 7.43. The molecule has 2 rings (SSSR count). The molecule has 1 aliphatic rings. The van der Waals surface area contributed by atoms with E-state index < -0.39 is 15.6 Å². The molecular formula is C17H28ClN3O3S.